The fourth-order valence-electron chi connectivity index (χ4n) is 3.08. The number of aromatic nitrogens is 1. The molecular weight excluding hydrogens is 400 g/mol. The van der Waals surface area contributed by atoms with E-state index in [1.165, 1.54) is 0 Å². The second-order valence-electron chi connectivity index (χ2n) is 6.69. The van der Waals surface area contributed by atoms with E-state index >= 15 is 0 Å². The number of para-hydroxylation sites is 1. The number of amides is 1. The first kappa shape index (κ1) is 22.2. The average molecular weight is 426 g/mol. The summed E-state index contributed by atoms with van der Waals surface area (Å²) in [7, 11) is 1.59. The van der Waals surface area contributed by atoms with Crippen LogP contribution in [0.2, 0.25) is 0 Å². The Hall–Kier alpha value is -3.46. The fourth-order valence-corrected chi connectivity index (χ4v) is 3.08. The fraction of sp³-hybridized carbons (Fsp3) is 0.364. The van der Waals surface area contributed by atoms with Gasteiger partial charge in [-0.3, -0.25) is 9.80 Å². The lowest BCUT2D eigenvalue weighted by Crippen LogP contribution is -2.42. The third kappa shape index (κ3) is 5.79. The van der Waals surface area contributed by atoms with Gasteiger partial charge < -0.3 is 19.5 Å². The highest BCUT2D eigenvalue weighted by molar-refractivity contribution is 6.38. The number of hydrogen-bond donors (Lipinski definition) is 1. The van der Waals surface area contributed by atoms with Crippen molar-refractivity contribution in [2.75, 3.05) is 31.9 Å². The predicted octanol–water partition coefficient (Wildman–Crippen LogP) is 1.92. The highest BCUT2D eigenvalue weighted by Crippen LogP contribution is 2.25. The number of nitrogens with zero attached hydrogens (tertiary/aromatic N) is 3. The number of pyridine rings is 1. The van der Waals surface area contributed by atoms with Crippen molar-refractivity contribution in [3.8, 4) is 5.88 Å². The van der Waals surface area contributed by atoms with Gasteiger partial charge in [-0.15, -0.1) is 0 Å². The Morgan fingerprint density at radius 2 is 1.97 bits per heavy atom. The zero-order chi connectivity index (χ0) is 22.1. The van der Waals surface area contributed by atoms with Crippen molar-refractivity contribution in [1.29, 1.82) is 0 Å². The minimum absolute atomic E-state index is 0.157. The number of benzene rings is 1. The molecule has 1 unspecified atom stereocenters. The van der Waals surface area contributed by atoms with Gasteiger partial charge in [0.05, 0.1) is 18.9 Å². The summed E-state index contributed by atoms with van der Waals surface area (Å²) in [6.45, 7) is 2.99. The van der Waals surface area contributed by atoms with Crippen molar-refractivity contribution in [3.05, 3.63) is 54.2 Å². The Kier molecular flexibility index (Phi) is 7.94. The molecule has 9 nitrogen and oxygen atoms in total. The van der Waals surface area contributed by atoms with Gasteiger partial charge in [-0.05, 0) is 25.1 Å². The summed E-state index contributed by atoms with van der Waals surface area (Å²) >= 11 is 0. The third-order valence-corrected chi connectivity index (χ3v) is 4.57. The summed E-state index contributed by atoms with van der Waals surface area (Å²) in [5, 5.41) is 8.83. The summed E-state index contributed by atoms with van der Waals surface area (Å²) < 4.78 is 15.7. The molecule has 0 aliphatic carbocycles. The van der Waals surface area contributed by atoms with Crippen LogP contribution in [-0.4, -0.2) is 55.5 Å². The number of nitrogens with one attached hydrogen (secondary N) is 1. The van der Waals surface area contributed by atoms with Crippen LogP contribution >= 0.6 is 0 Å². The Morgan fingerprint density at radius 1 is 1.16 bits per heavy atom. The molecule has 1 aromatic heterocycles. The summed E-state index contributed by atoms with van der Waals surface area (Å²) in [5.41, 5.74) is 1.67. The first-order valence-corrected chi connectivity index (χ1v) is 10.1. The van der Waals surface area contributed by atoms with E-state index in [2.05, 4.69) is 15.4 Å². The number of esters is 1. The van der Waals surface area contributed by atoms with Gasteiger partial charge in [-0.2, -0.15) is 5.10 Å². The topological polar surface area (TPSA) is 102 Å². The molecule has 3 rings (SSSR count). The SMILES string of the molecule is CCOC(=O)C1=NN(c2ccccc2)C(C(=O)NCc2cccnc2OCCOC)C1. The van der Waals surface area contributed by atoms with Crippen LogP contribution in [0.3, 0.4) is 0 Å². The van der Waals surface area contributed by atoms with E-state index in [4.69, 9.17) is 14.2 Å². The highest BCUT2D eigenvalue weighted by Gasteiger charge is 2.36. The molecule has 1 aliphatic rings. The Morgan fingerprint density at radius 3 is 2.71 bits per heavy atom. The van der Waals surface area contributed by atoms with Crippen LogP contribution in [0.4, 0.5) is 5.69 Å². The van der Waals surface area contributed by atoms with Gasteiger partial charge in [0.15, 0.2) is 0 Å². The Bertz CT molecular complexity index is 919. The largest absolute Gasteiger partial charge is 0.475 e. The summed E-state index contributed by atoms with van der Waals surface area (Å²) in [4.78, 5) is 29.5. The first-order valence-electron chi connectivity index (χ1n) is 10.1. The molecule has 1 atom stereocenters. The van der Waals surface area contributed by atoms with Crippen LogP contribution in [-0.2, 0) is 25.6 Å². The molecule has 2 heterocycles. The number of carbonyl (C=O) groups excluding carboxylic acids is 2. The number of hydrazone groups is 1. The van der Waals surface area contributed by atoms with Crippen molar-refractivity contribution in [2.24, 2.45) is 5.10 Å². The summed E-state index contributed by atoms with van der Waals surface area (Å²) in [6.07, 6.45) is 1.78. The van der Waals surface area contributed by atoms with Crippen molar-refractivity contribution in [1.82, 2.24) is 10.3 Å². The molecule has 0 bridgehead atoms. The van der Waals surface area contributed by atoms with E-state index in [1.807, 2.05) is 36.4 Å². The molecule has 0 fully saturated rings. The third-order valence-electron chi connectivity index (χ3n) is 4.57. The van der Waals surface area contributed by atoms with E-state index in [1.54, 1.807) is 31.3 Å². The van der Waals surface area contributed by atoms with Crippen LogP contribution in [0, 0.1) is 0 Å². The Labute approximate surface area is 181 Å². The monoisotopic (exact) mass is 426 g/mol. The standard InChI is InChI=1S/C22H26N4O5/c1-3-30-22(28)18-14-19(26(25-18)17-9-5-4-6-10-17)20(27)24-15-16-8-7-11-23-21(16)31-13-12-29-2/h4-11,19H,3,12-15H2,1-2H3,(H,24,27). The maximum absolute atomic E-state index is 13.0. The minimum Gasteiger partial charge on any atom is -0.475 e. The lowest BCUT2D eigenvalue weighted by atomic mass is 10.1. The van der Waals surface area contributed by atoms with Crippen molar-refractivity contribution in [3.63, 3.8) is 0 Å². The molecule has 2 aromatic rings. The van der Waals surface area contributed by atoms with Gasteiger partial charge in [-0.25, -0.2) is 9.78 Å². The van der Waals surface area contributed by atoms with Crippen LogP contribution in [0.5, 0.6) is 5.88 Å². The lowest BCUT2D eigenvalue weighted by Gasteiger charge is -2.23. The molecule has 1 N–H and O–H groups in total. The van der Waals surface area contributed by atoms with Gasteiger partial charge >= 0.3 is 5.97 Å². The van der Waals surface area contributed by atoms with Crippen molar-refractivity contribution in [2.45, 2.75) is 25.9 Å². The van der Waals surface area contributed by atoms with Crippen molar-refractivity contribution >= 4 is 23.3 Å². The predicted molar refractivity (Wildman–Crippen MR) is 115 cm³/mol. The maximum atomic E-state index is 13.0. The van der Waals surface area contributed by atoms with Crippen LogP contribution in [0.1, 0.15) is 18.9 Å². The van der Waals surface area contributed by atoms with Gasteiger partial charge in [0.1, 0.15) is 18.4 Å². The average Bonchev–Trinajstić information content (AvgIpc) is 3.25. The molecule has 0 radical (unpaired) electrons. The van der Waals surface area contributed by atoms with E-state index in [0.717, 1.165) is 5.56 Å². The molecule has 1 amide bonds. The molecular formula is C22H26N4O5. The summed E-state index contributed by atoms with van der Waals surface area (Å²) in [5.74, 6) is -0.340. The molecule has 0 saturated heterocycles. The zero-order valence-electron chi connectivity index (χ0n) is 17.6. The lowest BCUT2D eigenvalue weighted by molar-refractivity contribution is -0.135. The maximum Gasteiger partial charge on any atom is 0.354 e. The normalized spacial score (nSPS) is 15.4. The molecule has 1 aromatic carbocycles. The zero-order valence-corrected chi connectivity index (χ0v) is 17.6. The number of rotatable bonds is 10. The smallest absolute Gasteiger partial charge is 0.354 e. The van der Waals surface area contributed by atoms with Gasteiger partial charge in [-0.1, -0.05) is 24.3 Å². The van der Waals surface area contributed by atoms with Crippen LogP contribution in [0.25, 0.3) is 0 Å². The van der Waals surface area contributed by atoms with Gasteiger partial charge in [0.25, 0.3) is 0 Å². The number of ether oxygens (including phenoxy) is 3. The number of carbonyl (C=O) groups is 2. The van der Waals surface area contributed by atoms with E-state index in [-0.39, 0.29) is 31.2 Å². The number of hydrogen-bond acceptors (Lipinski definition) is 8. The van der Waals surface area contributed by atoms with Gasteiger partial charge in [0, 0.05) is 31.8 Å². The molecule has 1 aliphatic heterocycles. The molecule has 164 valence electrons. The quantitative estimate of drug-likeness (QED) is 0.457. The van der Waals surface area contributed by atoms with Crippen LogP contribution in [0.15, 0.2) is 53.8 Å². The summed E-state index contributed by atoms with van der Waals surface area (Å²) in [6, 6.07) is 12.2. The van der Waals surface area contributed by atoms with E-state index in [0.29, 0.717) is 24.8 Å². The van der Waals surface area contributed by atoms with E-state index in [9.17, 15) is 9.59 Å². The molecule has 0 saturated carbocycles. The second kappa shape index (κ2) is 11.1. The van der Waals surface area contributed by atoms with Crippen LogP contribution < -0.4 is 15.1 Å². The van der Waals surface area contributed by atoms with E-state index < -0.39 is 12.0 Å². The number of methoxy groups -OCH3 is 1. The first-order chi connectivity index (χ1) is 15.1. The second-order valence-corrected chi connectivity index (χ2v) is 6.69. The molecule has 31 heavy (non-hydrogen) atoms. The Balaban J connectivity index is 1.71. The molecule has 0 spiro atoms. The molecule has 9 heteroatoms. The number of anilines is 1. The van der Waals surface area contributed by atoms with Crippen molar-refractivity contribution < 1.29 is 23.8 Å². The van der Waals surface area contributed by atoms with Gasteiger partial charge in [0.2, 0.25) is 11.8 Å². The minimum atomic E-state index is -0.670. The highest BCUT2D eigenvalue weighted by atomic mass is 16.5.